The number of thioether (sulfide) groups is 1. The predicted molar refractivity (Wildman–Crippen MR) is 87.8 cm³/mol. The third-order valence-corrected chi connectivity index (χ3v) is 5.27. The Morgan fingerprint density at radius 2 is 2.05 bits per heavy atom. The molecule has 1 fully saturated rings. The van der Waals surface area contributed by atoms with Crippen molar-refractivity contribution in [3.05, 3.63) is 28.7 Å². The number of primary amides is 1. The van der Waals surface area contributed by atoms with Crippen LogP contribution in [-0.4, -0.2) is 23.2 Å². The minimum absolute atomic E-state index is 0.224. The van der Waals surface area contributed by atoms with Crippen LogP contribution in [0, 0.1) is 5.92 Å². The van der Waals surface area contributed by atoms with Gasteiger partial charge in [0.15, 0.2) is 0 Å². The summed E-state index contributed by atoms with van der Waals surface area (Å²) in [6, 6.07) is 8.39. The van der Waals surface area contributed by atoms with Gasteiger partial charge in [-0.15, -0.1) is 11.8 Å². The first-order chi connectivity index (χ1) is 9.44. The van der Waals surface area contributed by atoms with E-state index >= 15 is 0 Å². The highest BCUT2D eigenvalue weighted by Gasteiger charge is 2.49. The Morgan fingerprint density at radius 1 is 1.45 bits per heavy atom. The number of hydrogen-bond donors (Lipinski definition) is 2. The summed E-state index contributed by atoms with van der Waals surface area (Å²) in [6.07, 6.45) is 2.17. The first kappa shape index (κ1) is 15.9. The van der Waals surface area contributed by atoms with Crippen LogP contribution < -0.4 is 11.1 Å². The van der Waals surface area contributed by atoms with Crippen molar-refractivity contribution in [3.8, 4) is 0 Å². The maximum Gasteiger partial charge on any atom is 0.238 e. The number of rotatable bonds is 7. The van der Waals surface area contributed by atoms with Gasteiger partial charge in [0.05, 0.1) is 0 Å². The zero-order valence-corrected chi connectivity index (χ0v) is 14.3. The Morgan fingerprint density at radius 3 is 2.50 bits per heavy atom. The molecule has 0 aromatic heterocycles. The summed E-state index contributed by atoms with van der Waals surface area (Å²) in [6.45, 7) is 4.12. The number of nitrogens with one attached hydrogen (secondary N) is 1. The third kappa shape index (κ3) is 3.77. The molecule has 0 radical (unpaired) electrons. The smallest absolute Gasteiger partial charge is 0.238 e. The molecule has 3 N–H and O–H groups in total. The molecular formula is C15H21BrN2OS. The second-order valence-electron chi connectivity index (χ2n) is 5.65. The van der Waals surface area contributed by atoms with Crippen molar-refractivity contribution >= 4 is 33.6 Å². The van der Waals surface area contributed by atoms with Crippen LogP contribution >= 0.6 is 27.7 Å². The topological polar surface area (TPSA) is 55.1 Å². The van der Waals surface area contributed by atoms with Gasteiger partial charge in [-0.25, -0.2) is 0 Å². The van der Waals surface area contributed by atoms with Gasteiger partial charge in [0.2, 0.25) is 5.91 Å². The summed E-state index contributed by atoms with van der Waals surface area (Å²) >= 11 is 5.12. The molecule has 1 amide bonds. The molecule has 1 unspecified atom stereocenters. The molecule has 1 saturated carbocycles. The van der Waals surface area contributed by atoms with Crippen LogP contribution in [0.1, 0.15) is 26.7 Å². The molecule has 3 nitrogen and oxygen atoms in total. The number of hydrogen-bond acceptors (Lipinski definition) is 3. The van der Waals surface area contributed by atoms with Crippen LogP contribution in [0.25, 0.3) is 0 Å². The summed E-state index contributed by atoms with van der Waals surface area (Å²) in [5.41, 5.74) is 5.15. The number of carbonyl (C=O) groups is 1. The van der Waals surface area contributed by atoms with Crippen molar-refractivity contribution in [2.24, 2.45) is 11.7 Å². The maximum absolute atomic E-state index is 12.1. The van der Waals surface area contributed by atoms with Gasteiger partial charge < -0.3 is 11.1 Å². The van der Waals surface area contributed by atoms with Crippen molar-refractivity contribution in [2.45, 2.75) is 43.2 Å². The molecule has 110 valence electrons. The minimum Gasteiger partial charge on any atom is -0.368 e. The number of nitrogens with two attached hydrogens (primary N) is 1. The monoisotopic (exact) mass is 356 g/mol. The van der Waals surface area contributed by atoms with Crippen molar-refractivity contribution in [2.75, 3.05) is 5.75 Å². The standard InChI is InChI=1S/C15H21BrN2OS/c1-10(2)18-15(14(17)19,11-3-4-11)9-20-13-7-5-12(16)6-8-13/h5-8,10-11,18H,3-4,9H2,1-2H3,(H2,17,19). The van der Waals surface area contributed by atoms with E-state index in [1.165, 1.54) is 0 Å². The van der Waals surface area contributed by atoms with Crippen LogP contribution in [0.3, 0.4) is 0 Å². The lowest BCUT2D eigenvalue weighted by molar-refractivity contribution is -0.124. The molecule has 20 heavy (non-hydrogen) atoms. The van der Waals surface area contributed by atoms with Crippen LogP contribution in [0.2, 0.25) is 0 Å². The molecule has 1 aromatic rings. The highest BCUT2D eigenvalue weighted by atomic mass is 79.9. The fourth-order valence-electron chi connectivity index (χ4n) is 2.44. The zero-order chi connectivity index (χ0) is 14.8. The predicted octanol–water partition coefficient (Wildman–Crippen LogP) is 3.17. The lowest BCUT2D eigenvalue weighted by Gasteiger charge is -2.33. The average molecular weight is 357 g/mol. The van der Waals surface area contributed by atoms with Crippen LogP contribution in [0.5, 0.6) is 0 Å². The molecule has 0 saturated heterocycles. The largest absolute Gasteiger partial charge is 0.368 e. The summed E-state index contributed by atoms with van der Waals surface area (Å²) < 4.78 is 1.06. The lowest BCUT2D eigenvalue weighted by Crippen LogP contribution is -2.61. The second-order valence-corrected chi connectivity index (χ2v) is 7.62. The van der Waals surface area contributed by atoms with Gasteiger partial charge in [0, 0.05) is 21.2 Å². The van der Waals surface area contributed by atoms with E-state index < -0.39 is 5.54 Å². The van der Waals surface area contributed by atoms with Gasteiger partial charge in [-0.2, -0.15) is 0 Å². The van der Waals surface area contributed by atoms with Crippen molar-refractivity contribution in [1.82, 2.24) is 5.32 Å². The summed E-state index contributed by atoms with van der Waals surface area (Å²) in [4.78, 5) is 13.2. The lowest BCUT2D eigenvalue weighted by atomic mass is 9.93. The third-order valence-electron chi connectivity index (χ3n) is 3.54. The Kier molecular flexibility index (Phi) is 5.15. The Bertz CT molecular complexity index is 473. The van der Waals surface area contributed by atoms with Gasteiger partial charge >= 0.3 is 0 Å². The fourth-order valence-corrected chi connectivity index (χ4v) is 3.89. The van der Waals surface area contributed by atoms with E-state index in [9.17, 15) is 4.79 Å². The number of halogens is 1. The maximum atomic E-state index is 12.1. The van der Waals surface area contributed by atoms with E-state index in [1.54, 1.807) is 11.8 Å². The van der Waals surface area contributed by atoms with E-state index in [4.69, 9.17) is 5.73 Å². The fraction of sp³-hybridized carbons (Fsp3) is 0.533. The normalized spacial score (nSPS) is 18.0. The molecule has 1 aromatic carbocycles. The van der Waals surface area contributed by atoms with E-state index in [0.717, 1.165) is 22.2 Å². The highest BCUT2D eigenvalue weighted by Crippen LogP contribution is 2.42. The summed E-state index contributed by atoms with van der Waals surface area (Å²) in [7, 11) is 0. The Hall–Kier alpha value is -0.520. The molecule has 1 atom stereocenters. The molecule has 0 spiro atoms. The molecule has 2 rings (SSSR count). The van der Waals surface area contributed by atoms with Crippen LogP contribution in [-0.2, 0) is 4.79 Å². The average Bonchev–Trinajstić information content (AvgIpc) is 3.20. The molecule has 0 heterocycles. The molecule has 0 aliphatic heterocycles. The Balaban J connectivity index is 2.11. The SMILES string of the molecule is CC(C)NC(CSc1ccc(Br)cc1)(C(N)=O)C1CC1. The highest BCUT2D eigenvalue weighted by molar-refractivity contribution is 9.10. The van der Waals surface area contributed by atoms with Gasteiger partial charge in [-0.05, 0) is 56.9 Å². The molecular weight excluding hydrogens is 336 g/mol. The van der Waals surface area contributed by atoms with E-state index in [0.29, 0.717) is 11.7 Å². The Labute approximate surface area is 133 Å². The first-order valence-electron chi connectivity index (χ1n) is 6.90. The van der Waals surface area contributed by atoms with E-state index in [-0.39, 0.29) is 11.9 Å². The van der Waals surface area contributed by atoms with Gasteiger partial charge in [-0.1, -0.05) is 15.9 Å². The first-order valence-corrected chi connectivity index (χ1v) is 8.68. The summed E-state index contributed by atoms with van der Waals surface area (Å²) in [5.74, 6) is 0.843. The van der Waals surface area contributed by atoms with Crippen molar-refractivity contribution in [3.63, 3.8) is 0 Å². The summed E-state index contributed by atoms with van der Waals surface area (Å²) in [5, 5.41) is 3.43. The van der Waals surface area contributed by atoms with Crippen molar-refractivity contribution < 1.29 is 4.79 Å². The van der Waals surface area contributed by atoms with Crippen LogP contribution in [0.15, 0.2) is 33.6 Å². The number of carbonyl (C=O) groups excluding carboxylic acids is 1. The quantitative estimate of drug-likeness (QED) is 0.737. The van der Waals surface area contributed by atoms with Gasteiger partial charge in [0.1, 0.15) is 5.54 Å². The molecule has 0 bridgehead atoms. The van der Waals surface area contributed by atoms with E-state index in [2.05, 4.69) is 47.2 Å². The zero-order valence-electron chi connectivity index (χ0n) is 11.9. The number of amides is 1. The van der Waals surface area contributed by atoms with Gasteiger partial charge in [-0.3, -0.25) is 4.79 Å². The minimum atomic E-state index is -0.577. The molecule has 5 heteroatoms. The van der Waals surface area contributed by atoms with E-state index in [1.807, 2.05) is 12.1 Å². The molecule has 1 aliphatic carbocycles. The number of benzene rings is 1. The van der Waals surface area contributed by atoms with Gasteiger partial charge in [0.25, 0.3) is 0 Å². The van der Waals surface area contributed by atoms with Crippen molar-refractivity contribution in [1.29, 1.82) is 0 Å². The van der Waals surface area contributed by atoms with Crippen LogP contribution in [0.4, 0.5) is 0 Å². The molecule has 1 aliphatic rings. The second kappa shape index (κ2) is 6.50.